The summed E-state index contributed by atoms with van der Waals surface area (Å²) in [5.74, 6) is 0.972. The van der Waals surface area contributed by atoms with E-state index in [1.807, 2.05) is 4.68 Å². The largest absolute Gasteiger partial charge is 0.305 e. The Balaban J connectivity index is 2.05. The lowest BCUT2D eigenvalue weighted by molar-refractivity contribution is 0.217. The SMILES string of the molecule is CCCNC1(c2nnnn2-c2cccc(C)c2C)CCCCC1. The topological polar surface area (TPSA) is 55.6 Å². The molecule has 124 valence electrons. The molecule has 5 heteroatoms. The summed E-state index contributed by atoms with van der Waals surface area (Å²) in [5.41, 5.74) is 3.51. The number of hydrogen-bond donors (Lipinski definition) is 1. The highest BCUT2D eigenvalue weighted by Crippen LogP contribution is 2.37. The molecule has 0 aliphatic heterocycles. The third-order valence-corrected chi connectivity index (χ3v) is 5.12. The van der Waals surface area contributed by atoms with Crippen molar-refractivity contribution < 1.29 is 0 Å². The smallest absolute Gasteiger partial charge is 0.176 e. The van der Waals surface area contributed by atoms with Crippen LogP contribution in [0, 0.1) is 13.8 Å². The van der Waals surface area contributed by atoms with Crippen LogP contribution in [0.3, 0.4) is 0 Å². The van der Waals surface area contributed by atoms with Crippen molar-refractivity contribution in [3.05, 3.63) is 35.2 Å². The standard InChI is InChI=1S/C18H27N5/c1-4-13-19-18(11-6-5-7-12-18)17-20-21-22-23(17)16-10-8-9-14(2)15(16)3/h8-10,19H,4-7,11-13H2,1-3H3. The summed E-state index contributed by atoms with van der Waals surface area (Å²) < 4.78 is 1.95. The van der Waals surface area contributed by atoms with Crippen LogP contribution in [0.25, 0.3) is 5.69 Å². The van der Waals surface area contributed by atoms with E-state index < -0.39 is 0 Å². The van der Waals surface area contributed by atoms with Crippen LogP contribution in [0.4, 0.5) is 0 Å². The van der Waals surface area contributed by atoms with Crippen molar-refractivity contribution in [1.82, 2.24) is 25.5 Å². The fraction of sp³-hybridized carbons (Fsp3) is 0.611. The van der Waals surface area contributed by atoms with Gasteiger partial charge in [0, 0.05) is 0 Å². The van der Waals surface area contributed by atoms with Gasteiger partial charge in [-0.1, -0.05) is 38.3 Å². The van der Waals surface area contributed by atoms with Crippen LogP contribution in [-0.2, 0) is 5.54 Å². The first kappa shape index (κ1) is 16.1. The average molecular weight is 313 g/mol. The van der Waals surface area contributed by atoms with E-state index in [0.29, 0.717) is 0 Å². The quantitative estimate of drug-likeness (QED) is 0.918. The molecule has 1 heterocycles. The molecule has 0 spiro atoms. The third kappa shape index (κ3) is 3.02. The van der Waals surface area contributed by atoms with Gasteiger partial charge in [0.25, 0.3) is 0 Å². The maximum absolute atomic E-state index is 4.45. The maximum atomic E-state index is 4.45. The van der Waals surface area contributed by atoms with Crippen molar-refractivity contribution in [2.75, 3.05) is 6.54 Å². The normalized spacial score (nSPS) is 17.3. The summed E-state index contributed by atoms with van der Waals surface area (Å²) in [6.45, 7) is 7.48. The number of benzene rings is 1. The Morgan fingerprint density at radius 3 is 2.70 bits per heavy atom. The monoisotopic (exact) mass is 313 g/mol. The molecule has 0 bridgehead atoms. The van der Waals surface area contributed by atoms with Crippen LogP contribution in [0.2, 0.25) is 0 Å². The maximum Gasteiger partial charge on any atom is 0.176 e. The number of nitrogens with one attached hydrogen (secondary N) is 1. The minimum Gasteiger partial charge on any atom is -0.305 e. The van der Waals surface area contributed by atoms with Crippen molar-refractivity contribution in [2.24, 2.45) is 0 Å². The number of tetrazole rings is 1. The second-order valence-corrected chi connectivity index (χ2v) is 6.70. The van der Waals surface area contributed by atoms with Gasteiger partial charge >= 0.3 is 0 Å². The molecule has 5 nitrogen and oxygen atoms in total. The first-order valence-corrected chi connectivity index (χ1v) is 8.78. The van der Waals surface area contributed by atoms with Crippen LogP contribution in [0.15, 0.2) is 18.2 Å². The van der Waals surface area contributed by atoms with Gasteiger partial charge in [-0.15, -0.1) is 5.10 Å². The van der Waals surface area contributed by atoms with Crippen LogP contribution >= 0.6 is 0 Å². The highest BCUT2D eigenvalue weighted by atomic mass is 15.6. The van der Waals surface area contributed by atoms with Gasteiger partial charge in [0.2, 0.25) is 0 Å². The summed E-state index contributed by atoms with van der Waals surface area (Å²) in [6.07, 6.45) is 7.11. The van der Waals surface area contributed by atoms with E-state index in [4.69, 9.17) is 0 Å². The van der Waals surface area contributed by atoms with Gasteiger partial charge in [-0.3, -0.25) is 0 Å². The Kier molecular flexibility index (Phi) is 4.76. The van der Waals surface area contributed by atoms with Gasteiger partial charge in [0.1, 0.15) is 0 Å². The molecule has 3 rings (SSSR count). The second-order valence-electron chi connectivity index (χ2n) is 6.70. The zero-order valence-electron chi connectivity index (χ0n) is 14.5. The number of hydrogen-bond acceptors (Lipinski definition) is 4. The highest BCUT2D eigenvalue weighted by molar-refractivity contribution is 5.44. The van der Waals surface area contributed by atoms with Crippen molar-refractivity contribution in [3.8, 4) is 5.69 Å². The number of nitrogens with zero attached hydrogens (tertiary/aromatic N) is 4. The van der Waals surface area contributed by atoms with Crippen molar-refractivity contribution in [3.63, 3.8) is 0 Å². The Morgan fingerprint density at radius 1 is 1.17 bits per heavy atom. The van der Waals surface area contributed by atoms with Crippen molar-refractivity contribution in [1.29, 1.82) is 0 Å². The fourth-order valence-corrected chi connectivity index (χ4v) is 3.61. The van der Waals surface area contributed by atoms with E-state index in [0.717, 1.165) is 37.3 Å². The van der Waals surface area contributed by atoms with E-state index in [1.54, 1.807) is 0 Å². The number of aryl methyl sites for hydroxylation is 1. The van der Waals surface area contributed by atoms with E-state index in [2.05, 4.69) is 59.8 Å². The van der Waals surface area contributed by atoms with Gasteiger partial charge in [0.05, 0.1) is 11.2 Å². The van der Waals surface area contributed by atoms with Crippen LogP contribution in [-0.4, -0.2) is 26.8 Å². The molecule has 1 N–H and O–H groups in total. The number of aromatic nitrogens is 4. The van der Waals surface area contributed by atoms with Crippen molar-refractivity contribution in [2.45, 2.75) is 64.8 Å². The molecule has 2 aromatic rings. The molecule has 1 aromatic carbocycles. The lowest BCUT2D eigenvalue weighted by Crippen LogP contribution is -2.46. The fourth-order valence-electron chi connectivity index (χ4n) is 3.61. The summed E-state index contributed by atoms with van der Waals surface area (Å²) in [5, 5.41) is 16.6. The first-order chi connectivity index (χ1) is 11.2. The van der Waals surface area contributed by atoms with Gasteiger partial charge in [0.15, 0.2) is 5.82 Å². The van der Waals surface area contributed by atoms with Crippen LogP contribution in [0.1, 0.15) is 62.4 Å². The average Bonchev–Trinajstić information content (AvgIpc) is 3.06. The lowest BCUT2D eigenvalue weighted by Gasteiger charge is -2.37. The highest BCUT2D eigenvalue weighted by Gasteiger charge is 2.38. The van der Waals surface area contributed by atoms with E-state index in [1.165, 1.54) is 30.4 Å². The molecule has 1 saturated carbocycles. The van der Waals surface area contributed by atoms with E-state index >= 15 is 0 Å². The van der Waals surface area contributed by atoms with Gasteiger partial charge in [-0.2, -0.15) is 4.68 Å². The van der Waals surface area contributed by atoms with Gasteiger partial charge in [-0.05, 0) is 67.3 Å². The zero-order chi connectivity index (χ0) is 16.3. The molecule has 1 aliphatic carbocycles. The molecule has 0 atom stereocenters. The molecule has 0 radical (unpaired) electrons. The van der Waals surface area contributed by atoms with Gasteiger partial charge in [-0.25, -0.2) is 0 Å². The molecule has 1 fully saturated rings. The molecule has 0 saturated heterocycles. The zero-order valence-corrected chi connectivity index (χ0v) is 14.5. The summed E-state index contributed by atoms with van der Waals surface area (Å²) >= 11 is 0. The van der Waals surface area contributed by atoms with Crippen LogP contribution < -0.4 is 5.32 Å². The lowest BCUT2D eigenvalue weighted by atomic mass is 9.80. The Morgan fingerprint density at radius 2 is 1.96 bits per heavy atom. The summed E-state index contributed by atoms with van der Waals surface area (Å²) in [4.78, 5) is 0. The molecular formula is C18H27N5. The minimum atomic E-state index is -0.0893. The van der Waals surface area contributed by atoms with E-state index in [9.17, 15) is 0 Å². The molecule has 1 aromatic heterocycles. The van der Waals surface area contributed by atoms with Crippen LogP contribution in [0.5, 0.6) is 0 Å². The Bertz CT molecular complexity index is 655. The van der Waals surface area contributed by atoms with Gasteiger partial charge < -0.3 is 5.32 Å². The molecular weight excluding hydrogens is 286 g/mol. The van der Waals surface area contributed by atoms with E-state index in [-0.39, 0.29) is 5.54 Å². The number of rotatable bonds is 5. The molecule has 23 heavy (non-hydrogen) atoms. The summed E-state index contributed by atoms with van der Waals surface area (Å²) in [7, 11) is 0. The predicted octanol–water partition coefficient (Wildman–Crippen LogP) is 3.44. The molecule has 0 unspecified atom stereocenters. The second kappa shape index (κ2) is 6.79. The van der Waals surface area contributed by atoms with Crippen molar-refractivity contribution >= 4 is 0 Å². The summed E-state index contributed by atoms with van der Waals surface area (Å²) in [6, 6.07) is 6.32. The Hall–Kier alpha value is -1.75. The predicted molar refractivity (Wildman–Crippen MR) is 91.7 cm³/mol. The third-order valence-electron chi connectivity index (χ3n) is 5.12. The Labute approximate surface area is 138 Å². The first-order valence-electron chi connectivity index (χ1n) is 8.78. The minimum absolute atomic E-state index is 0.0893. The molecule has 0 amide bonds. The molecule has 1 aliphatic rings.